The Kier molecular flexibility index (Phi) is 7.17. The number of hydrogen-bond donors (Lipinski definition) is 2. The summed E-state index contributed by atoms with van der Waals surface area (Å²) in [6.07, 6.45) is 0. The molecule has 0 bridgehead atoms. The number of benzene rings is 1. The van der Waals surface area contributed by atoms with Gasteiger partial charge in [0, 0.05) is 12.1 Å². The fourth-order valence-electron chi connectivity index (χ4n) is 1.60. The highest BCUT2D eigenvalue weighted by Gasteiger charge is 2.20. The first-order valence-corrected chi connectivity index (χ1v) is 6.13. The van der Waals surface area contributed by atoms with Crippen LogP contribution in [0.5, 0.6) is 0 Å². The van der Waals surface area contributed by atoms with Gasteiger partial charge in [-0.3, -0.25) is 14.9 Å². The summed E-state index contributed by atoms with van der Waals surface area (Å²) in [5.74, 6) is -0.216. The largest absolute Gasteiger partial charge is 0.348 e. The second kappa shape index (κ2) is 7.81. The Labute approximate surface area is 124 Å². The minimum Gasteiger partial charge on any atom is -0.348 e. The molecule has 0 saturated heterocycles. The van der Waals surface area contributed by atoms with E-state index in [1.165, 1.54) is 12.1 Å². The van der Waals surface area contributed by atoms with E-state index < -0.39 is 11.0 Å². The molecule has 0 aliphatic heterocycles. The van der Waals surface area contributed by atoms with Gasteiger partial charge in [0.05, 0.1) is 17.0 Å². The molecule has 0 aromatic heterocycles. The van der Waals surface area contributed by atoms with Crippen molar-refractivity contribution >= 4 is 24.0 Å². The van der Waals surface area contributed by atoms with Crippen molar-refractivity contribution in [2.75, 3.05) is 0 Å². The molecule has 0 fully saturated rings. The van der Waals surface area contributed by atoms with Crippen LogP contribution in [-0.2, 0) is 4.79 Å². The molecule has 0 radical (unpaired) electrons. The van der Waals surface area contributed by atoms with Gasteiger partial charge in [-0.1, -0.05) is 26.0 Å². The molecule has 1 aromatic rings. The monoisotopic (exact) mass is 301 g/mol. The molecule has 3 N–H and O–H groups in total. The average molecular weight is 302 g/mol. The Morgan fingerprint density at radius 2 is 1.95 bits per heavy atom. The van der Waals surface area contributed by atoms with Gasteiger partial charge < -0.3 is 11.1 Å². The van der Waals surface area contributed by atoms with E-state index in [0.717, 1.165) is 0 Å². The zero-order chi connectivity index (χ0) is 14.6. The Balaban J connectivity index is 0.00000361. The molecule has 7 heteroatoms. The SMILES string of the molecule is CC(NC(=O)[C@H](N)C(C)C)c1cccc([N+](=O)[O-])c1.Cl. The quantitative estimate of drug-likeness (QED) is 0.643. The van der Waals surface area contributed by atoms with Crippen LogP contribution in [0, 0.1) is 16.0 Å². The Hall–Kier alpha value is -1.66. The fraction of sp³-hybridized carbons (Fsp3) is 0.462. The number of carbonyl (C=O) groups is 1. The van der Waals surface area contributed by atoms with Crippen LogP contribution >= 0.6 is 12.4 Å². The van der Waals surface area contributed by atoms with Crippen LogP contribution in [0.3, 0.4) is 0 Å². The molecule has 6 nitrogen and oxygen atoms in total. The third-order valence-corrected chi connectivity index (χ3v) is 2.96. The van der Waals surface area contributed by atoms with Crippen LogP contribution < -0.4 is 11.1 Å². The van der Waals surface area contributed by atoms with Gasteiger partial charge in [-0.05, 0) is 18.4 Å². The second-order valence-electron chi connectivity index (χ2n) is 4.85. The minimum absolute atomic E-state index is 0. The smallest absolute Gasteiger partial charge is 0.269 e. The third-order valence-electron chi connectivity index (χ3n) is 2.96. The lowest BCUT2D eigenvalue weighted by atomic mass is 10.0. The number of hydrogen-bond acceptors (Lipinski definition) is 4. The van der Waals surface area contributed by atoms with Crippen molar-refractivity contribution in [3.05, 3.63) is 39.9 Å². The number of nitrogens with zero attached hydrogens (tertiary/aromatic N) is 1. The van der Waals surface area contributed by atoms with Crippen LogP contribution in [0.15, 0.2) is 24.3 Å². The highest BCUT2D eigenvalue weighted by molar-refractivity contribution is 5.85. The average Bonchev–Trinajstić information content (AvgIpc) is 2.37. The zero-order valence-corrected chi connectivity index (χ0v) is 12.5. The lowest BCUT2D eigenvalue weighted by Crippen LogP contribution is -2.44. The van der Waals surface area contributed by atoms with Crippen molar-refractivity contribution in [1.82, 2.24) is 5.32 Å². The van der Waals surface area contributed by atoms with Gasteiger partial charge in [0.25, 0.3) is 5.69 Å². The lowest BCUT2D eigenvalue weighted by Gasteiger charge is -2.19. The molecule has 20 heavy (non-hydrogen) atoms. The number of carbonyl (C=O) groups excluding carboxylic acids is 1. The number of non-ortho nitro benzene ring substituents is 1. The van der Waals surface area contributed by atoms with Crippen molar-refractivity contribution in [2.45, 2.75) is 32.9 Å². The highest BCUT2D eigenvalue weighted by Crippen LogP contribution is 2.19. The molecular weight excluding hydrogens is 282 g/mol. The van der Waals surface area contributed by atoms with E-state index in [2.05, 4.69) is 5.32 Å². The van der Waals surface area contributed by atoms with Gasteiger partial charge in [-0.15, -0.1) is 12.4 Å². The fourth-order valence-corrected chi connectivity index (χ4v) is 1.60. The maximum absolute atomic E-state index is 11.8. The van der Waals surface area contributed by atoms with Crippen molar-refractivity contribution < 1.29 is 9.72 Å². The predicted octanol–water partition coefficient (Wildman–Crippen LogP) is 2.18. The van der Waals surface area contributed by atoms with Gasteiger partial charge in [0.2, 0.25) is 5.91 Å². The van der Waals surface area contributed by atoms with Gasteiger partial charge in [0.1, 0.15) is 0 Å². The second-order valence-corrected chi connectivity index (χ2v) is 4.85. The Morgan fingerprint density at radius 3 is 2.45 bits per heavy atom. The highest BCUT2D eigenvalue weighted by atomic mass is 35.5. The summed E-state index contributed by atoms with van der Waals surface area (Å²) in [4.78, 5) is 22.1. The molecule has 0 aliphatic carbocycles. The maximum Gasteiger partial charge on any atom is 0.269 e. The summed E-state index contributed by atoms with van der Waals surface area (Å²) in [5.41, 5.74) is 6.43. The molecule has 1 amide bonds. The van der Waals surface area contributed by atoms with E-state index in [-0.39, 0.29) is 36.0 Å². The van der Waals surface area contributed by atoms with E-state index in [1.807, 2.05) is 13.8 Å². The first kappa shape index (κ1) is 18.3. The summed E-state index contributed by atoms with van der Waals surface area (Å²) >= 11 is 0. The normalized spacial score (nSPS) is 13.2. The van der Waals surface area contributed by atoms with E-state index in [0.29, 0.717) is 5.56 Å². The minimum atomic E-state index is -0.582. The number of rotatable bonds is 5. The molecule has 0 saturated carbocycles. The van der Waals surface area contributed by atoms with E-state index in [1.54, 1.807) is 19.1 Å². The van der Waals surface area contributed by atoms with Crippen molar-refractivity contribution in [1.29, 1.82) is 0 Å². The Bertz CT molecular complexity index is 480. The number of halogens is 1. The number of nitrogens with two attached hydrogens (primary N) is 1. The topological polar surface area (TPSA) is 98.3 Å². The molecule has 1 rings (SSSR count). The van der Waals surface area contributed by atoms with Gasteiger partial charge >= 0.3 is 0 Å². The van der Waals surface area contributed by atoms with Gasteiger partial charge in [-0.2, -0.15) is 0 Å². The van der Waals surface area contributed by atoms with E-state index in [9.17, 15) is 14.9 Å². The number of amides is 1. The van der Waals surface area contributed by atoms with Gasteiger partial charge in [0.15, 0.2) is 0 Å². The predicted molar refractivity (Wildman–Crippen MR) is 79.7 cm³/mol. The lowest BCUT2D eigenvalue weighted by molar-refractivity contribution is -0.384. The summed E-state index contributed by atoms with van der Waals surface area (Å²) in [7, 11) is 0. The molecule has 0 aliphatic rings. The standard InChI is InChI=1S/C13H19N3O3.ClH/c1-8(2)12(14)13(17)15-9(3)10-5-4-6-11(7-10)16(18)19;/h4-9,12H,14H2,1-3H3,(H,15,17);1H/t9?,12-;/m1./s1. The maximum atomic E-state index is 11.8. The van der Waals surface area contributed by atoms with Crippen LogP contribution in [0.2, 0.25) is 0 Å². The van der Waals surface area contributed by atoms with E-state index in [4.69, 9.17) is 5.73 Å². The van der Waals surface area contributed by atoms with Crippen LogP contribution in [0.4, 0.5) is 5.69 Å². The van der Waals surface area contributed by atoms with Crippen LogP contribution in [0.25, 0.3) is 0 Å². The van der Waals surface area contributed by atoms with Crippen LogP contribution in [-0.4, -0.2) is 16.9 Å². The van der Waals surface area contributed by atoms with Crippen molar-refractivity contribution in [3.63, 3.8) is 0 Å². The zero-order valence-electron chi connectivity index (χ0n) is 11.7. The van der Waals surface area contributed by atoms with Crippen molar-refractivity contribution in [3.8, 4) is 0 Å². The molecule has 0 heterocycles. The van der Waals surface area contributed by atoms with Crippen molar-refractivity contribution in [2.24, 2.45) is 11.7 Å². The first-order valence-electron chi connectivity index (χ1n) is 6.13. The molecule has 0 spiro atoms. The summed E-state index contributed by atoms with van der Waals surface area (Å²) in [6.45, 7) is 5.49. The number of nitro groups is 1. The first-order chi connectivity index (χ1) is 8.82. The number of nitrogens with one attached hydrogen (secondary N) is 1. The molecule has 1 unspecified atom stereocenters. The molecule has 2 atom stereocenters. The number of nitro benzene ring substituents is 1. The third kappa shape index (κ3) is 4.79. The summed E-state index contributed by atoms with van der Waals surface area (Å²) < 4.78 is 0. The molecule has 112 valence electrons. The van der Waals surface area contributed by atoms with E-state index >= 15 is 0 Å². The summed E-state index contributed by atoms with van der Waals surface area (Å²) in [5, 5.41) is 13.5. The Morgan fingerprint density at radius 1 is 1.35 bits per heavy atom. The van der Waals surface area contributed by atoms with Gasteiger partial charge in [-0.25, -0.2) is 0 Å². The summed E-state index contributed by atoms with van der Waals surface area (Å²) in [6, 6.07) is 5.29. The molecule has 1 aromatic carbocycles. The van der Waals surface area contributed by atoms with Crippen LogP contribution in [0.1, 0.15) is 32.4 Å². The molecular formula is C13H20ClN3O3.